The summed E-state index contributed by atoms with van der Waals surface area (Å²) in [7, 11) is 0. The summed E-state index contributed by atoms with van der Waals surface area (Å²) in [5, 5.41) is 10.2. The van der Waals surface area contributed by atoms with E-state index in [-0.39, 0.29) is 26.4 Å². The highest BCUT2D eigenvalue weighted by Gasteiger charge is 2.49. The van der Waals surface area contributed by atoms with Gasteiger partial charge in [0.2, 0.25) is 0 Å². The molecule has 1 aliphatic heterocycles. The first-order valence-electron chi connectivity index (χ1n) is 17.9. The zero-order valence-electron chi connectivity index (χ0n) is 29.6. The molecule has 1 N–H and O–H groups in total. The Morgan fingerprint density at radius 2 is 0.981 bits per heavy atom. The maximum absolute atomic E-state index is 12.9. The lowest BCUT2D eigenvalue weighted by atomic mass is 9.97. The predicted molar refractivity (Wildman–Crippen MR) is 198 cm³/mol. The van der Waals surface area contributed by atoms with Crippen LogP contribution in [-0.2, 0) is 59.6 Å². The van der Waals surface area contributed by atoms with E-state index in [1.807, 2.05) is 127 Å². The Hall–Kier alpha value is -4.71. The highest BCUT2D eigenvalue weighted by molar-refractivity contribution is 5.89. The predicted octanol–water partition coefficient (Wildman–Crippen LogP) is 6.92. The SMILES string of the molecule is O=C(OC(CO)CO[C@@H]1O[C@H](COCc2ccccc2)[C@H](OCc2ccccc2)[C@H](OCc2ccccc2)[C@H]1OCc1ccccc1)c1ccccc1. The number of esters is 1. The Labute approximate surface area is 311 Å². The lowest BCUT2D eigenvalue weighted by molar-refractivity contribution is -0.331. The van der Waals surface area contributed by atoms with Gasteiger partial charge in [-0.2, -0.15) is 0 Å². The van der Waals surface area contributed by atoms with Crippen molar-refractivity contribution in [1.82, 2.24) is 0 Å². The van der Waals surface area contributed by atoms with E-state index in [9.17, 15) is 9.90 Å². The van der Waals surface area contributed by atoms with Gasteiger partial charge in [-0.25, -0.2) is 4.79 Å². The van der Waals surface area contributed by atoms with E-state index in [1.54, 1.807) is 24.3 Å². The van der Waals surface area contributed by atoms with E-state index in [0.717, 1.165) is 22.3 Å². The molecule has 5 aromatic rings. The number of carbonyl (C=O) groups excluding carboxylic acids is 1. The summed E-state index contributed by atoms with van der Waals surface area (Å²) >= 11 is 0. The number of ether oxygens (including phenoxy) is 7. The van der Waals surface area contributed by atoms with Crippen molar-refractivity contribution < 1.29 is 43.1 Å². The molecule has 53 heavy (non-hydrogen) atoms. The molecule has 6 atom stereocenters. The van der Waals surface area contributed by atoms with E-state index in [4.69, 9.17) is 33.2 Å². The molecule has 0 radical (unpaired) electrons. The van der Waals surface area contributed by atoms with Crippen LogP contribution in [0, 0.1) is 0 Å². The summed E-state index contributed by atoms with van der Waals surface area (Å²) in [5.74, 6) is -0.569. The molecule has 0 spiro atoms. The molecule has 0 aliphatic carbocycles. The minimum atomic E-state index is -1.01. The van der Waals surface area contributed by atoms with Crippen LogP contribution < -0.4 is 0 Å². The van der Waals surface area contributed by atoms with E-state index in [2.05, 4.69) is 0 Å². The van der Waals surface area contributed by atoms with E-state index in [0.29, 0.717) is 18.8 Å². The summed E-state index contributed by atoms with van der Waals surface area (Å²) in [6.07, 6.45) is -4.75. The highest BCUT2D eigenvalue weighted by Crippen LogP contribution is 2.32. The number of hydrogen-bond donors (Lipinski definition) is 1. The number of hydrogen-bond acceptors (Lipinski definition) is 9. The topological polar surface area (TPSA) is 102 Å². The normalized spacial score (nSPS) is 20.4. The molecule has 1 unspecified atom stereocenters. The van der Waals surface area contributed by atoms with Gasteiger partial charge in [0.1, 0.15) is 30.5 Å². The van der Waals surface area contributed by atoms with Crippen LogP contribution in [-0.4, -0.2) is 67.7 Å². The quantitative estimate of drug-likeness (QED) is 0.0913. The van der Waals surface area contributed by atoms with Gasteiger partial charge >= 0.3 is 5.97 Å². The molecule has 0 amide bonds. The minimum Gasteiger partial charge on any atom is -0.454 e. The maximum atomic E-state index is 12.9. The third-order valence-electron chi connectivity index (χ3n) is 8.77. The Balaban J connectivity index is 1.28. The van der Waals surface area contributed by atoms with Crippen molar-refractivity contribution in [3.05, 3.63) is 179 Å². The van der Waals surface area contributed by atoms with Crippen molar-refractivity contribution in [2.24, 2.45) is 0 Å². The Bertz CT molecular complexity index is 1740. The number of benzene rings is 5. The average molecular weight is 719 g/mol. The lowest BCUT2D eigenvalue weighted by Gasteiger charge is -2.46. The Morgan fingerprint density at radius 1 is 0.547 bits per heavy atom. The summed E-state index contributed by atoms with van der Waals surface area (Å²) in [5.41, 5.74) is 4.31. The van der Waals surface area contributed by atoms with Gasteiger partial charge in [-0.15, -0.1) is 0 Å². The van der Waals surface area contributed by atoms with Gasteiger partial charge in [0, 0.05) is 0 Å². The van der Waals surface area contributed by atoms with Crippen LogP contribution in [0.15, 0.2) is 152 Å². The number of carbonyl (C=O) groups is 1. The molecule has 276 valence electrons. The molecule has 5 aromatic carbocycles. The fourth-order valence-electron chi connectivity index (χ4n) is 6.00. The zero-order valence-corrected chi connectivity index (χ0v) is 29.6. The fraction of sp³-hybridized carbons (Fsp3) is 0.295. The molecular formula is C44H46O9. The van der Waals surface area contributed by atoms with Gasteiger partial charge in [0.25, 0.3) is 0 Å². The number of aliphatic hydroxyl groups excluding tert-OH is 1. The third kappa shape index (κ3) is 11.6. The van der Waals surface area contributed by atoms with Crippen molar-refractivity contribution in [2.75, 3.05) is 19.8 Å². The van der Waals surface area contributed by atoms with E-state index >= 15 is 0 Å². The molecule has 1 saturated heterocycles. The summed E-state index contributed by atoms with van der Waals surface area (Å²) < 4.78 is 45.0. The van der Waals surface area contributed by atoms with Crippen LogP contribution in [0.4, 0.5) is 0 Å². The van der Waals surface area contributed by atoms with E-state index < -0.39 is 49.4 Å². The smallest absolute Gasteiger partial charge is 0.338 e. The molecular weight excluding hydrogens is 672 g/mol. The first-order valence-corrected chi connectivity index (χ1v) is 17.9. The average Bonchev–Trinajstić information content (AvgIpc) is 3.22. The van der Waals surface area contributed by atoms with Gasteiger partial charge in [-0.1, -0.05) is 140 Å². The number of rotatable bonds is 19. The Morgan fingerprint density at radius 3 is 1.47 bits per heavy atom. The van der Waals surface area contributed by atoms with Gasteiger partial charge in [0.15, 0.2) is 6.29 Å². The second-order valence-corrected chi connectivity index (χ2v) is 12.7. The second kappa shape index (κ2) is 20.5. The van der Waals surface area contributed by atoms with Crippen molar-refractivity contribution >= 4 is 5.97 Å². The van der Waals surface area contributed by atoms with Crippen LogP contribution in [0.1, 0.15) is 32.6 Å². The molecule has 1 fully saturated rings. The van der Waals surface area contributed by atoms with Gasteiger partial charge in [0.05, 0.1) is 51.8 Å². The van der Waals surface area contributed by atoms with Crippen molar-refractivity contribution in [3.8, 4) is 0 Å². The first kappa shape index (κ1) is 38.0. The van der Waals surface area contributed by atoms with Crippen LogP contribution in [0.3, 0.4) is 0 Å². The Kier molecular flexibility index (Phi) is 14.7. The fourth-order valence-corrected chi connectivity index (χ4v) is 6.00. The number of aliphatic hydroxyl groups is 1. The molecule has 0 bridgehead atoms. The second-order valence-electron chi connectivity index (χ2n) is 12.7. The van der Waals surface area contributed by atoms with Gasteiger partial charge in [-0.3, -0.25) is 0 Å². The molecule has 9 heteroatoms. The van der Waals surface area contributed by atoms with Gasteiger partial charge in [-0.05, 0) is 34.4 Å². The third-order valence-corrected chi connectivity index (χ3v) is 8.77. The van der Waals surface area contributed by atoms with Crippen molar-refractivity contribution in [3.63, 3.8) is 0 Å². The monoisotopic (exact) mass is 718 g/mol. The molecule has 1 heterocycles. The minimum absolute atomic E-state index is 0.163. The highest BCUT2D eigenvalue weighted by atomic mass is 16.7. The van der Waals surface area contributed by atoms with Crippen molar-refractivity contribution in [1.29, 1.82) is 0 Å². The van der Waals surface area contributed by atoms with E-state index in [1.165, 1.54) is 0 Å². The molecule has 6 rings (SSSR count). The zero-order chi connectivity index (χ0) is 36.5. The van der Waals surface area contributed by atoms with Crippen LogP contribution in [0.5, 0.6) is 0 Å². The van der Waals surface area contributed by atoms with Crippen LogP contribution in [0.25, 0.3) is 0 Å². The largest absolute Gasteiger partial charge is 0.454 e. The maximum Gasteiger partial charge on any atom is 0.338 e. The van der Waals surface area contributed by atoms with Crippen molar-refractivity contribution in [2.45, 2.75) is 63.2 Å². The van der Waals surface area contributed by atoms with Crippen LogP contribution >= 0.6 is 0 Å². The molecule has 0 saturated carbocycles. The first-order chi connectivity index (χ1) is 26.2. The molecule has 0 aromatic heterocycles. The lowest BCUT2D eigenvalue weighted by Crippen LogP contribution is -2.62. The summed E-state index contributed by atoms with van der Waals surface area (Å²) in [4.78, 5) is 12.9. The molecule has 9 nitrogen and oxygen atoms in total. The van der Waals surface area contributed by atoms with Crippen LogP contribution in [0.2, 0.25) is 0 Å². The summed E-state index contributed by atoms with van der Waals surface area (Å²) in [6.45, 7) is 0.728. The van der Waals surface area contributed by atoms with Gasteiger partial charge < -0.3 is 38.3 Å². The standard InChI is InChI=1S/C44H46O9/c45-26-38(52-43(46)37-24-14-5-15-25-37)31-51-44-42(50-30-36-22-12-4-13-23-36)41(49-29-35-20-10-3-11-21-35)40(48-28-34-18-8-2-9-19-34)39(53-44)32-47-27-33-16-6-1-7-17-33/h1-25,38-42,44-45H,26-32H2/t38?,39-,40+,41+,42-,44-/m1/s1. The summed E-state index contributed by atoms with van der Waals surface area (Å²) in [6, 6.07) is 48.1. The molecule has 1 aliphatic rings.